The van der Waals surface area contributed by atoms with Gasteiger partial charge >= 0.3 is 0 Å². The first-order valence-electron chi connectivity index (χ1n) is 11.1. The first-order chi connectivity index (χ1) is 15.3. The molecule has 0 aliphatic heterocycles. The molecule has 0 radical (unpaired) electrons. The Balaban J connectivity index is 1.33. The predicted molar refractivity (Wildman–Crippen MR) is 119 cm³/mol. The van der Waals surface area contributed by atoms with Crippen molar-refractivity contribution >= 4 is 16.9 Å². The number of para-hydroxylation sites is 1. The molecule has 1 amide bonds. The van der Waals surface area contributed by atoms with Crippen LogP contribution in [0.5, 0.6) is 0 Å². The van der Waals surface area contributed by atoms with Gasteiger partial charge in [-0.15, -0.1) is 0 Å². The zero-order valence-electron chi connectivity index (χ0n) is 17.4. The van der Waals surface area contributed by atoms with Crippen LogP contribution in [0.2, 0.25) is 0 Å². The lowest BCUT2D eigenvalue weighted by atomic mass is 9.91. The average molecular weight is 412 g/mol. The van der Waals surface area contributed by atoms with Gasteiger partial charge in [-0.2, -0.15) is 5.10 Å². The number of hydrogen-bond donors (Lipinski definition) is 1. The molecule has 2 aromatic carbocycles. The van der Waals surface area contributed by atoms with Crippen LogP contribution in [0.25, 0.3) is 11.0 Å². The zero-order chi connectivity index (χ0) is 20.8. The number of carbonyl (C=O) groups is 1. The van der Waals surface area contributed by atoms with E-state index in [1.54, 1.807) is 0 Å². The first-order valence-corrected chi connectivity index (χ1v) is 11.1. The second-order valence-electron chi connectivity index (χ2n) is 8.75. The van der Waals surface area contributed by atoms with Gasteiger partial charge in [0.2, 0.25) is 0 Å². The summed E-state index contributed by atoms with van der Waals surface area (Å²) < 4.78 is 2.13. The minimum absolute atomic E-state index is 0.120. The van der Waals surface area contributed by atoms with E-state index in [0.717, 1.165) is 49.7 Å². The maximum Gasteiger partial charge on any atom is 0.256 e. The number of nitrogens with one attached hydrogen (secondary N) is 1. The molecule has 2 aliphatic carbocycles. The minimum Gasteiger partial charge on any atom is -0.332 e. The number of hydrogen-bond acceptors (Lipinski definition) is 3. The summed E-state index contributed by atoms with van der Waals surface area (Å²) in [4.78, 5) is 20.6. The highest BCUT2D eigenvalue weighted by molar-refractivity contribution is 6.05. The molecular formula is C25H25N5O. The van der Waals surface area contributed by atoms with Crippen molar-refractivity contribution in [3.8, 4) is 0 Å². The number of aromatic nitrogens is 4. The summed E-state index contributed by atoms with van der Waals surface area (Å²) in [5, 5.41) is 7.30. The number of carbonyl (C=O) groups excluding carboxylic acids is 1. The summed E-state index contributed by atoms with van der Waals surface area (Å²) in [6.45, 7) is 0.743. The molecule has 0 spiro atoms. The number of aryl methyl sites for hydroxylation is 1. The van der Waals surface area contributed by atoms with Gasteiger partial charge in [0.05, 0.1) is 23.6 Å². The topological polar surface area (TPSA) is 66.8 Å². The van der Waals surface area contributed by atoms with E-state index in [1.807, 2.05) is 42.9 Å². The van der Waals surface area contributed by atoms with E-state index in [4.69, 9.17) is 0 Å². The lowest BCUT2D eigenvalue weighted by molar-refractivity contribution is 0.0644. The Bertz CT molecular complexity index is 1240. The van der Waals surface area contributed by atoms with Crippen molar-refractivity contribution in [2.45, 2.75) is 50.7 Å². The summed E-state index contributed by atoms with van der Waals surface area (Å²) in [5.74, 6) is 0.120. The molecule has 1 unspecified atom stereocenters. The Morgan fingerprint density at radius 3 is 2.77 bits per heavy atom. The number of amides is 1. The number of rotatable bonds is 5. The van der Waals surface area contributed by atoms with Gasteiger partial charge in [-0.1, -0.05) is 36.4 Å². The molecule has 6 nitrogen and oxygen atoms in total. The van der Waals surface area contributed by atoms with Crippen molar-refractivity contribution in [1.29, 1.82) is 0 Å². The van der Waals surface area contributed by atoms with Gasteiger partial charge in [0.1, 0.15) is 5.52 Å². The van der Waals surface area contributed by atoms with Gasteiger partial charge in [-0.25, -0.2) is 4.98 Å². The molecule has 6 rings (SSSR count). The van der Waals surface area contributed by atoms with Crippen molar-refractivity contribution < 1.29 is 4.79 Å². The van der Waals surface area contributed by atoms with Crippen LogP contribution < -0.4 is 0 Å². The Morgan fingerprint density at radius 1 is 1.06 bits per heavy atom. The molecule has 2 aliphatic rings. The van der Waals surface area contributed by atoms with E-state index in [0.29, 0.717) is 11.6 Å². The fraction of sp³-hybridized carbons (Fsp3) is 0.320. The smallest absolute Gasteiger partial charge is 0.256 e. The third kappa shape index (κ3) is 3.32. The van der Waals surface area contributed by atoms with Crippen LogP contribution in [-0.2, 0) is 19.4 Å². The third-order valence-electron chi connectivity index (χ3n) is 6.64. The van der Waals surface area contributed by atoms with Gasteiger partial charge in [0.15, 0.2) is 0 Å². The summed E-state index contributed by atoms with van der Waals surface area (Å²) in [7, 11) is 0. The van der Waals surface area contributed by atoms with E-state index < -0.39 is 0 Å². The number of benzene rings is 2. The van der Waals surface area contributed by atoms with E-state index in [9.17, 15) is 4.79 Å². The Kier molecular flexibility index (Phi) is 4.37. The van der Waals surface area contributed by atoms with Crippen molar-refractivity contribution in [3.05, 3.63) is 83.4 Å². The molecule has 6 heteroatoms. The van der Waals surface area contributed by atoms with Crippen LogP contribution in [0, 0.1) is 0 Å². The van der Waals surface area contributed by atoms with E-state index in [2.05, 4.69) is 42.8 Å². The fourth-order valence-electron chi connectivity index (χ4n) is 4.92. The second-order valence-corrected chi connectivity index (χ2v) is 8.75. The zero-order valence-corrected chi connectivity index (χ0v) is 17.4. The lowest BCUT2D eigenvalue weighted by Crippen LogP contribution is -2.45. The highest BCUT2D eigenvalue weighted by Crippen LogP contribution is 2.35. The van der Waals surface area contributed by atoms with Crippen molar-refractivity contribution in [1.82, 2.24) is 24.6 Å². The van der Waals surface area contributed by atoms with Crippen LogP contribution in [0.4, 0.5) is 0 Å². The van der Waals surface area contributed by atoms with Crippen LogP contribution >= 0.6 is 0 Å². The quantitative estimate of drug-likeness (QED) is 0.540. The predicted octanol–water partition coefficient (Wildman–Crippen LogP) is 3.97. The van der Waals surface area contributed by atoms with Gasteiger partial charge in [-0.05, 0) is 55.4 Å². The Hall–Kier alpha value is -3.41. The molecule has 4 aromatic rings. The maximum absolute atomic E-state index is 13.8. The van der Waals surface area contributed by atoms with Crippen molar-refractivity contribution in [3.63, 3.8) is 0 Å². The normalized spacial score (nSPS) is 18.1. The molecule has 1 atom stereocenters. The van der Waals surface area contributed by atoms with Gasteiger partial charge in [-0.3, -0.25) is 9.89 Å². The summed E-state index contributed by atoms with van der Waals surface area (Å²) in [5.41, 5.74) is 6.21. The van der Waals surface area contributed by atoms with Crippen molar-refractivity contribution in [2.24, 2.45) is 0 Å². The van der Waals surface area contributed by atoms with E-state index >= 15 is 0 Å². The molecule has 0 saturated heterocycles. The lowest BCUT2D eigenvalue weighted by Gasteiger charge is -2.34. The fourth-order valence-corrected chi connectivity index (χ4v) is 4.92. The monoisotopic (exact) mass is 411 g/mol. The Labute approximate surface area is 180 Å². The molecule has 156 valence electrons. The van der Waals surface area contributed by atoms with Gasteiger partial charge in [0, 0.05) is 24.3 Å². The largest absolute Gasteiger partial charge is 0.332 e. The average Bonchev–Trinajstić information content (AvgIpc) is 3.37. The van der Waals surface area contributed by atoms with E-state index in [-0.39, 0.29) is 11.9 Å². The molecule has 2 heterocycles. The number of fused-ring (bicyclic) bond motifs is 2. The Morgan fingerprint density at radius 2 is 1.94 bits per heavy atom. The van der Waals surface area contributed by atoms with Crippen LogP contribution in [0.3, 0.4) is 0 Å². The molecule has 2 aromatic heterocycles. The number of aromatic amines is 1. The molecule has 1 N–H and O–H groups in total. The number of nitrogens with zero attached hydrogens (tertiary/aromatic N) is 4. The molecule has 0 bridgehead atoms. The summed E-state index contributed by atoms with van der Waals surface area (Å²) >= 11 is 0. The highest BCUT2D eigenvalue weighted by atomic mass is 16.2. The SMILES string of the molecule is O=C(c1cccc2c1ncn2Cc1ccccc1)N(C1CC1)C1CCc2[nH]ncc2C1. The van der Waals surface area contributed by atoms with Gasteiger partial charge in [0.25, 0.3) is 5.91 Å². The molecular weight excluding hydrogens is 386 g/mol. The standard InChI is InChI=1S/C25H25N5O/c31-25(30(19-9-10-19)20-11-12-22-18(13-20)14-27-28-22)21-7-4-8-23-24(21)26-16-29(23)15-17-5-2-1-3-6-17/h1-8,14,16,19-20H,9-13,15H2,(H,27,28). The molecule has 1 saturated carbocycles. The first kappa shape index (κ1) is 18.4. The second kappa shape index (κ2) is 7.38. The number of H-pyrrole nitrogens is 1. The minimum atomic E-state index is 0.120. The van der Waals surface area contributed by atoms with Crippen molar-refractivity contribution in [2.75, 3.05) is 0 Å². The molecule has 31 heavy (non-hydrogen) atoms. The number of imidazole rings is 1. The highest BCUT2D eigenvalue weighted by Gasteiger charge is 2.39. The van der Waals surface area contributed by atoms with Gasteiger partial charge < -0.3 is 9.47 Å². The molecule has 1 fully saturated rings. The third-order valence-corrected chi connectivity index (χ3v) is 6.64. The summed E-state index contributed by atoms with van der Waals surface area (Å²) in [6, 6.07) is 16.9. The van der Waals surface area contributed by atoms with Crippen LogP contribution in [0.15, 0.2) is 61.1 Å². The summed E-state index contributed by atoms with van der Waals surface area (Å²) in [6.07, 6.45) is 8.78. The van der Waals surface area contributed by atoms with E-state index in [1.165, 1.54) is 16.8 Å². The maximum atomic E-state index is 13.8. The van der Waals surface area contributed by atoms with Crippen LogP contribution in [-0.4, -0.2) is 42.6 Å². The van der Waals surface area contributed by atoms with Crippen LogP contribution in [0.1, 0.15) is 46.4 Å².